The molecule has 0 unspecified atom stereocenters. The molecule has 0 fully saturated rings. The minimum atomic E-state index is 0.728. The minimum Gasteiger partial charge on any atom is -0.228 e. The predicted molar refractivity (Wildman–Crippen MR) is 186 cm³/mol. The van der Waals surface area contributed by atoms with E-state index in [9.17, 15) is 0 Å². The largest absolute Gasteiger partial charge is 0.228 e. The number of hydrogen-bond donors (Lipinski definition) is 0. The van der Waals surface area contributed by atoms with Gasteiger partial charge in [-0.25, -0.2) is 9.97 Å². The van der Waals surface area contributed by atoms with Gasteiger partial charge in [-0.1, -0.05) is 146 Å². The summed E-state index contributed by atoms with van der Waals surface area (Å²) in [5.41, 5.74) is 5.00. The maximum absolute atomic E-state index is 5.23. The lowest BCUT2D eigenvalue weighted by molar-refractivity contribution is 1.19. The summed E-state index contributed by atoms with van der Waals surface area (Å²) < 4.78 is 0. The molecular formula is C42H26N2. The first-order chi connectivity index (χ1) is 21.8. The molecule has 0 radical (unpaired) electrons. The second-order valence-corrected chi connectivity index (χ2v) is 11.3. The van der Waals surface area contributed by atoms with Crippen LogP contribution >= 0.6 is 0 Å². The van der Waals surface area contributed by atoms with Gasteiger partial charge in [0.2, 0.25) is 0 Å². The standard InChI is InChI=1S/C42H26N2/c1-3-14-28(15-4-1)38-26-39(29-16-5-2-6-17-29)44-42(43-38)37-25-36-31-19-9-11-21-33(31)40-30-18-8-7-13-27(30)23-24-35(40)41(36)34-22-12-10-20-32(34)37/h1-26H. The Kier molecular flexibility index (Phi) is 5.54. The van der Waals surface area contributed by atoms with E-state index >= 15 is 0 Å². The molecule has 8 aromatic carbocycles. The van der Waals surface area contributed by atoms with Crippen molar-refractivity contribution >= 4 is 53.9 Å². The second kappa shape index (κ2) is 9.86. The molecule has 0 N–H and O–H groups in total. The van der Waals surface area contributed by atoms with Gasteiger partial charge in [-0.2, -0.15) is 0 Å². The molecule has 0 bridgehead atoms. The van der Waals surface area contributed by atoms with Gasteiger partial charge in [0, 0.05) is 16.7 Å². The highest BCUT2D eigenvalue weighted by Gasteiger charge is 2.18. The highest BCUT2D eigenvalue weighted by molar-refractivity contribution is 6.36. The van der Waals surface area contributed by atoms with Crippen LogP contribution in [0.3, 0.4) is 0 Å². The van der Waals surface area contributed by atoms with Gasteiger partial charge >= 0.3 is 0 Å². The van der Waals surface area contributed by atoms with Crippen LogP contribution in [-0.4, -0.2) is 9.97 Å². The highest BCUT2D eigenvalue weighted by atomic mass is 14.9. The molecule has 0 amide bonds. The Labute approximate surface area is 254 Å². The maximum Gasteiger partial charge on any atom is 0.161 e. The maximum atomic E-state index is 5.23. The summed E-state index contributed by atoms with van der Waals surface area (Å²) in [5.74, 6) is 0.728. The first-order valence-corrected chi connectivity index (χ1v) is 15.0. The first-order valence-electron chi connectivity index (χ1n) is 15.0. The van der Waals surface area contributed by atoms with Gasteiger partial charge in [-0.15, -0.1) is 0 Å². The highest BCUT2D eigenvalue weighted by Crippen LogP contribution is 2.44. The SMILES string of the molecule is c1ccc(-c2cc(-c3ccccc3)nc(-c3cc4c5ccccc5c5c6ccccc6ccc5c4c4ccccc34)n2)cc1. The lowest BCUT2D eigenvalue weighted by Gasteiger charge is -2.17. The summed E-state index contributed by atoms with van der Waals surface area (Å²) in [5, 5.41) is 12.4. The van der Waals surface area contributed by atoms with Crippen LogP contribution in [-0.2, 0) is 0 Å². The normalized spacial score (nSPS) is 11.6. The van der Waals surface area contributed by atoms with Crippen molar-refractivity contribution < 1.29 is 0 Å². The van der Waals surface area contributed by atoms with Crippen molar-refractivity contribution in [2.75, 3.05) is 0 Å². The Balaban J connectivity index is 1.44. The van der Waals surface area contributed by atoms with Crippen LogP contribution < -0.4 is 0 Å². The third-order valence-corrected chi connectivity index (χ3v) is 8.84. The quantitative estimate of drug-likeness (QED) is 0.202. The molecule has 0 saturated heterocycles. The average Bonchev–Trinajstić information content (AvgIpc) is 3.11. The molecule has 0 atom stereocenters. The first kappa shape index (κ1) is 24.7. The Morgan fingerprint density at radius 3 is 1.48 bits per heavy atom. The van der Waals surface area contributed by atoms with E-state index in [0.717, 1.165) is 39.3 Å². The third-order valence-electron chi connectivity index (χ3n) is 8.84. The van der Waals surface area contributed by atoms with Crippen LogP contribution in [0.1, 0.15) is 0 Å². The molecule has 1 heterocycles. The van der Waals surface area contributed by atoms with E-state index in [0.29, 0.717) is 0 Å². The summed E-state index contributed by atoms with van der Waals surface area (Å²) in [4.78, 5) is 10.5. The molecule has 0 aliphatic heterocycles. The van der Waals surface area contributed by atoms with Crippen molar-refractivity contribution in [3.05, 3.63) is 158 Å². The molecule has 9 rings (SSSR count). The van der Waals surface area contributed by atoms with Crippen molar-refractivity contribution in [2.45, 2.75) is 0 Å². The Morgan fingerprint density at radius 2 is 0.818 bits per heavy atom. The second-order valence-electron chi connectivity index (χ2n) is 11.3. The number of aromatic nitrogens is 2. The van der Waals surface area contributed by atoms with Crippen molar-refractivity contribution in [3.8, 4) is 33.9 Å². The van der Waals surface area contributed by atoms with Crippen molar-refractivity contribution in [1.29, 1.82) is 0 Å². The van der Waals surface area contributed by atoms with E-state index in [-0.39, 0.29) is 0 Å². The Morgan fingerprint density at radius 1 is 0.318 bits per heavy atom. The fourth-order valence-corrected chi connectivity index (χ4v) is 6.85. The molecule has 2 nitrogen and oxygen atoms in total. The van der Waals surface area contributed by atoms with Gasteiger partial charge in [0.15, 0.2) is 5.82 Å². The fraction of sp³-hybridized carbons (Fsp3) is 0. The van der Waals surface area contributed by atoms with Crippen LogP contribution in [0.5, 0.6) is 0 Å². The van der Waals surface area contributed by atoms with Gasteiger partial charge in [0.1, 0.15) is 0 Å². The summed E-state index contributed by atoms with van der Waals surface area (Å²) >= 11 is 0. The van der Waals surface area contributed by atoms with Crippen LogP contribution in [0.25, 0.3) is 87.8 Å². The smallest absolute Gasteiger partial charge is 0.161 e. The van der Waals surface area contributed by atoms with Gasteiger partial charge in [0.25, 0.3) is 0 Å². The summed E-state index contributed by atoms with van der Waals surface area (Å²) in [6.07, 6.45) is 0. The lowest BCUT2D eigenvalue weighted by Crippen LogP contribution is -1.97. The molecule has 1 aromatic heterocycles. The van der Waals surface area contributed by atoms with Crippen molar-refractivity contribution in [2.24, 2.45) is 0 Å². The molecule has 9 aromatic rings. The zero-order valence-corrected chi connectivity index (χ0v) is 23.9. The van der Waals surface area contributed by atoms with Crippen LogP contribution in [0.4, 0.5) is 0 Å². The molecule has 0 aliphatic carbocycles. The third kappa shape index (κ3) is 3.82. The number of fused-ring (bicyclic) bond motifs is 10. The number of benzene rings is 8. The Bertz CT molecular complexity index is 2480. The summed E-state index contributed by atoms with van der Waals surface area (Å²) in [6, 6.07) is 56.0. The van der Waals surface area contributed by atoms with E-state index < -0.39 is 0 Å². The Hall–Kier alpha value is -5.86. The molecule has 2 heteroatoms. The average molecular weight is 559 g/mol. The van der Waals surface area contributed by atoms with Crippen molar-refractivity contribution in [3.63, 3.8) is 0 Å². The topological polar surface area (TPSA) is 25.8 Å². The number of hydrogen-bond acceptors (Lipinski definition) is 2. The molecule has 0 saturated carbocycles. The van der Waals surface area contributed by atoms with Gasteiger partial charge in [-0.3, -0.25) is 0 Å². The molecule has 0 aliphatic rings. The summed E-state index contributed by atoms with van der Waals surface area (Å²) in [7, 11) is 0. The molecule has 44 heavy (non-hydrogen) atoms. The fourth-order valence-electron chi connectivity index (χ4n) is 6.85. The molecular weight excluding hydrogens is 532 g/mol. The number of nitrogens with zero attached hydrogens (tertiary/aromatic N) is 2. The predicted octanol–water partition coefficient (Wildman–Crippen LogP) is 11.2. The minimum absolute atomic E-state index is 0.728. The van der Waals surface area contributed by atoms with Gasteiger partial charge < -0.3 is 0 Å². The van der Waals surface area contributed by atoms with Gasteiger partial charge in [0.05, 0.1) is 11.4 Å². The van der Waals surface area contributed by atoms with E-state index in [1.54, 1.807) is 0 Å². The zero-order valence-electron chi connectivity index (χ0n) is 23.9. The van der Waals surface area contributed by atoms with Crippen LogP contribution in [0.15, 0.2) is 158 Å². The zero-order chi connectivity index (χ0) is 29.0. The van der Waals surface area contributed by atoms with Crippen LogP contribution in [0, 0.1) is 0 Å². The van der Waals surface area contributed by atoms with Crippen LogP contribution in [0.2, 0.25) is 0 Å². The van der Waals surface area contributed by atoms with E-state index in [4.69, 9.17) is 9.97 Å². The van der Waals surface area contributed by atoms with E-state index in [2.05, 4.69) is 146 Å². The lowest BCUT2D eigenvalue weighted by atomic mass is 9.87. The van der Waals surface area contributed by atoms with Crippen molar-refractivity contribution in [1.82, 2.24) is 9.97 Å². The van der Waals surface area contributed by atoms with Gasteiger partial charge in [-0.05, 0) is 66.0 Å². The van der Waals surface area contributed by atoms with E-state index in [1.165, 1.54) is 48.5 Å². The summed E-state index contributed by atoms with van der Waals surface area (Å²) in [6.45, 7) is 0. The van der Waals surface area contributed by atoms with E-state index in [1.807, 2.05) is 12.1 Å². The molecule has 0 spiro atoms. The number of rotatable bonds is 3. The molecule has 204 valence electrons. The monoisotopic (exact) mass is 558 g/mol.